The highest BCUT2D eigenvalue weighted by Crippen LogP contribution is 2.38. The van der Waals surface area contributed by atoms with Gasteiger partial charge >= 0.3 is 0 Å². The summed E-state index contributed by atoms with van der Waals surface area (Å²) in [7, 11) is 0. The maximum absolute atomic E-state index is 13.3. The van der Waals surface area contributed by atoms with Crippen molar-refractivity contribution in [1.29, 1.82) is 0 Å². The van der Waals surface area contributed by atoms with Gasteiger partial charge in [-0.3, -0.25) is 9.59 Å². The topological polar surface area (TPSA) is 93.0 Å². The average Bonchev–Trinajstić information content (AvgIpc) is 3.40. The molecule has 2 saturated heterocycles. The van der Waals surface area contributed by atoms with Gasteiger partial charge < -0.3 is 10.2 Å². The van der Waals surface area contributed by atoms with Gasteiger partial charge in [0.05, 0.1) is 0 Å². The molecular formula is C20H28N6O2. The molecule has 0 radical (unpaired) electrons. The van der Waals surface area contributed by atoms with Gasteiger partial charge in [0.25, 0.3) is 0 Å². The minimum absolute atomic E-state index is 0.0429. The van der Waals surface area contributed by atoms with Crippen molar-refractivity contribution in [3.63, 3.8) is 0 Å². The number of nitrogens with zero attached hydrogens (tertiary/aromatic N) is 5. The van der Waals surface area contributed by atoms with Crippen LogP contribution in [0.25, 0.3) is 0 Å². The van der Waals surface area contributed by atoms with Crippen LogP contribution in [0.15, 0.2) is 11.6 Å². The molecular weight excluding hydrogens is 356 g/mol. The van der Waals surface area contributed by atoms with Crippen LogP contribution in [0.5, 0.6) is 0 Å². The van der Waals surface area contributed by atoms with Crippen LogP contribution in [0.4, 0.5) is 0 Å². The molecule has 28 heavy (non-hydrogen) atoms. The van der Waals surface area contributed by atoms with Gasteiger partial charge in [0.15, 0.2) is 5.82 Å². The number of piperidine rings is 1. The lowest BCUT2D eigenvalue weighted by Gasteiger charge is -2.41. The highest BCUT2D eigenvalue weighted by Gasteiger charge is 2.45. The molecule has 0 spiro atoms. The van der Waals surface area contributed by atoms with Gasteiger partial charge in [0, 0.05) is 42.6 Å². The number of tetrazole rings is 1. The van der Waals surface area contributed by atoms with Gasteiger partial charge in [0.2, 0.25) is 11.8 Å². The van der Waals surface area contributed by atoms with Crippen molar-refractivity contribution in [1.82, 2.24) is 30.4 Å². The summed E-state index contributed by atoms with van der Waals surface area (Å²) in [5.41, 5.74) is 0.949. The Balaban J connectivity index is 1.21. The van der Waals surface area contributed by atoms with Crippen LogP contribution < -0.4 is 5.32 Å². The maximum Gasteiger partial charge on any atom is 0.247 e. The third kappa shape index (κ3) is 3.22. The van der Waals surface area contributed by atoms with Crippen molar-refractivity contribution in [3.05, 3.63) is 17.5 Å². The number of aromatic nitrogens is 4. The Hall–Kier alpha value is -2.25. The van der Waals surface area contributed by atoms with Crippen molar-refractivity contribution < 1.29 is 9.59 Å². The van der Waals surface area contributed by atoms with E-state index in [1.54, 1.807) is 0 Å². The second kappa shape index (κ2) is 7.29. The molecule has 1 aliphatic carbocycles. The first-order valence-electron chi connectivity index (χ1n) is 10.8. The van der Waals surface area contributed by atoms with E-state index in [1.165, 1.54) is 0 Å². The summed E-state index contributed by atoms with van der Waals surface area (Å²) >= 11 is 0. The van der Waals surface area contributed by atoms with E-state index in [0.717, 1.165) is 82.2 Å². The highest BCUT2D eigenvalue weighted by molar-refractivity contribution is 5.94. The number of aryl methyl sites for hydroxylation is 2. The number of fused-ring (bicyclic) bond motifs is 3. The maximum atomic E-state index is 13.3. The van der Waals surface area contributed by atoms with Gasteiger partial charge in [-0.1, -0.05) is 6.08 Å². The summed E-state index contributed by atoms with van der Waals surface area (Å²) in [6, 6.07) is 0.744. The van der Waals surface area contributed by atoms with Crippen LogP contribution in [0.1, 0.15) is 63.6 Å². The molecule has 4 heterocycles. The van der Waals surface area contributed by atoms with Gasteiger partial charge in [-0.15, -0.1) is 5.10 Å². The van der Waals surface area contributed by atoms with Crippen molar-refractivity contribution in [2.45, 2.75) is 88.9 Å². The van der Waals surface area contributed by atoms with E-state index in [2.05, 4.69) is 31.8 Å². The van der Waals surface area contributed by atoms with Crippen molar-refractivity contribution >= 4 is 11.8 Å². The number of carbonyl (C=O) groups excluding carboxylic acids is 2. The Kier molecular flexibility index (Phi) is 4.64. The molecule has 0 saturated carbocycles. The number of hydrogen-bond donors (Lipinski definition) is 1. The minimum Gasteiger partial charge on any atom is -0.349 e. The summed E-state index contributed by atoms with van der Waals surface area (Å²) in [4.78, 5) is 28.0. The number of allylic oxidation sites excluding steroid dienone is 1. The average molecular weight is 384 g/mol. The fraction of sp³-hybridized carbons (Fsp3) is 0.750. The molecule has 2 amide bonds. The molecule has 2 fully saturated rings. The van der Waals surface area contributed by atoms with Gasteiger partial charge in [-0.05, 0) is 68.2 Å². The summed E-state index contributed by atoms with van der Waals surface area (Å²) < 4.78 is 1.83. The van der Waals surface area contributed by atoms with Gasteiger partial charge in [-0.25, -0.2) is 4.68 Å². The molecule has 3 unspecified atom stereocenters. The van der Waals surface area contributed by atoms with E-state index in [1.807, 2.05) is 4.68 Å². The number of nitrogens with one attached hydrogen (secondary N) is 1. The fourth-order valence-electron chi connectivity index (χ4n) is 5.57. The quantitative estimate of drug-likeness (QED) is 0.850. The Morgan fingerprint density at radius 3 is 2.64 bits per heavy atom. The number of rotatable bonds is 3. The van der Waals surface area contributed by atoms with Crippen molar-refractivity contribution in [3.8, 4) is 0 Å². The predicted octanol–water partition coefficient (Wildman–Crippen LogP) is 1.37. The normalized spacial score (nSPS) is 31.9. The van der Waals surface area contributed by atoms with E-state index >= 15 is 0 Å². The first kappa shape index (κ1) is 17.8. The van der Waals surface area contributed by atoms with Gasteiger partial charge in [0.1, 0.15) is 0 Å². The third-order valence-corrected chi connectivity index (χ3v) is 7.02. The molecule has 1 aromatic rings. The van der Waals surface area contributed by atoms with E-state index in [-0.39, 0.29) is 30.0 Å². The lowest BCUT2D eigenvalue weighted by Crippen LogP contribution is -2.54. The van der Waals surface area contributed by atoms with E-state index in [9.17, 15) is 9.59 Å². The second-order valence-electron chi connectivity index (χ2n) is 8.74. The smallest absolute Gasteiger partial charge is 0.247 e. The molecule has 1 aromatic heterocycles. The number of hydrogen-bond acceptors (Lipinski definition) is 5. The second-order valence-corrected chi connectivity index (χ2v) is 8.74. The van der Waals surface area contributed by atoms with Crippen LogP contribution in [-0.4, -0.2) is 55.0 Å². The first-order valence-corrected chi connectivity index (χ1v) is 10.8. The fourth-order valence-corrected chi connectivity index (χ4v) is 5.57. The summed E-state index contributed by atoms with van der Waals surface area (Å²) in [5, 5.41) is 15.1. The summed E-state index contributed by atoms with van der Waals surface area (Å²) in [6.07, 6.45) is 11.4. The Bertz CT molecular complexity index is 766. The van der Waals surface area contributed by atoms with Crippen molar-refractivity contribution in [2.75, 3.05) is 0 Å². The Morgan fingerprint density at radius 1 is 1.07 bits per heavy atom. The van der Waals surface area contributed by atoms with Crippen molar-refractivity contribution in [2.24, 2.45) is 5.92 Å². The van der Waals surface area contributed by atoms with Crippen LogP contribution in [0, 0.1) is 5.92 Å². The van der Waals surface area contributed by atoms with Gasteiger partial charge in [-0.2, -0.15) is 0 Å². The molecule has 8 heteroatoms. The first-order chi connectivity index (χ1) is 13.7. The van der Waals surface area contributed by atoms with E-state index < -0.39 is 0 Å². The molecule has 1 N–H and O–H groups in total. The van der Waals surface area contributed by atoms with Crippen LogP contribution in [0.3, 0.4) is 0 Å². The molecule has 4 aliphatic rings. The molecule has 0 aromatic carbocycles. The molecule has 3 atom stereocenters. The standard InChI is InChI=1S/C20H28N6O2/c27-19(13-3-1-2-4-13)21-15-11-16-6-7-17(12-15)26(16)20(28)14-5-8-18-22-23-24-25(18)10-9-14/h3,14-17H,1-2,4-12H2,(H,21,27). The van der Waals surface area contributed by atoms with Crippen LogP contribution in [-0.2, 0) is 22.6 Å². The summed E-state index contributed by atoms with van der Waals surface area (Å²) in [6.45, 7) is 0.718. The SMILES string of the molecule is O=C(NC1CC2CCC(C1)N2C(=O)C1CCc2nnnn2CC1)C1=CCCC1. The minimum atomic E-state index is 0.0429. The molecule has 5 rings (SSSR count). The third-order valence-electron chi connectivity index (χ3n) is 7.02. The molecule has 3 aliphatic heterocycles. The monoisotopic (exact) mass is 384 g/mol. The predicted molar refractivity (Wildman–Crippen MR) is 101 cm³/mol. The van der Waals surface area contributed by atoms with Crippen LogP contribution >= 0.6 is 0 Å². The highest BCUT2D eigenvalue weighted by atomic mass is 16.2. The Morgan fingerprint density at radius 2 is 1.89 bits per heavy atom. The Labute approximate surface area is 164 Å². The van der Waals surface area contributed by atoms with Crippen LogP contribution in [0.2, 0.25) is 0 Å². The van der Waals surface area contributed by atoms with E-state index in [4.69, 9.17) is 0 Å². The molecule has 8 nitrogen and oxygen atoms in total. The molecule has 150 valence electrons. The zero-order chi connectivity index (χ0) is 19.1. The lowest BCUT2D eigenvalue weighted by atomic mass is 9.92. The lowest BCUT2D eigenvalue weighted by molar-refractivity contribution is -0.141. The summed E-state index contributed by atoms with van der Waals surface area (Å²) in [5.74, 6) is 1.35. The number of carbonyl (C=O) groups is 2. The molecule has 2 bridgehead atoms. The number of amides is 2. The zero-order valence-electron chi connectivity index (χ0n) is 16.2. The largest absolute Gasteiger partial charge is 0.349 e. The zero-order valence-corrected chi connectivity index (χ0v) is 16.2. The van der Waals surface area contributed by atoms with E-state index in [0.29, 0.717) is 5.91 Å².